The van der Waals surface area contributed by atoms with Crippen LogP contribution in [0.4, 0.5) is 5.69 Å². The molecule has 0 bridgehead atoms. The minimum Gasteiger partial charge on any atom is -0.436 e. The van der Waals surface area contributed by atoms with E-state index in [1.807, 2.05) is 6.07 Å². The maximum absolute atomic E-state index is 10.6. The molecule has 2 aromatic rings. The highest BCUT2D eigenvalue weighted by Gasteiger charge is 2.17. The first kappa shape index (κ1) is 13.8. The summed E-state index contributed by atoms with van der Waals surface area (Å²) in [5, 5.41) is 23.9. The molecule has 0 aliphatic heterocycles. The maximum Gasteiger partial charge on any atom is 0.271 e. The van der Waals surface area contributed by atoms with Crippen LogP contribution in [0.1, 0.15) is 11.3 Å². The Morgan fingerprint density at radius 3 is 2.80 bits per heavy atom. The average molecular weight is 293 g/mol. The third-order valence-electron chi connectivity index (χ3n) is 2.61. The Hall–Kier alpha value is -2.59. The molecule has 1 heterocycles. The predicted molar refractivity (Wildman–Crippen MR) is 70.8 cm³/mol. The molecule has 1 aromatic heterocycles. The van der Waals surface area contributed by atoms with Crippen LogP contribution in [-0.4, -0.2) is 14.7 Å². The molecule has 1 aromatic carbocycles. The van der Waals surface area contributed by atoms with Gasteiger partial charge in [0.15, 0.2) is 0 Å². The van der Waals surface area contributed by atoms with Gasteiger partial charge in [0.2, 0.25) is 5.88 Å². The van der Waals surface area contributed by atoms with Crippen molar-refractivity contribution in [2.75, 3.05) is 0 Å². The Balaban J connectivity index is 2.41. The van der Waals surface area contributed by atoms with Gasteiger partial charge in [-0.05, 0) is 13.0 Å². The molecule has 0 amide bonds. The fourth-order valence-corrected chi connectivity index (χ4v) is 1.89. The van der Waals surface area contributed by atoms with E-state index in [0.717, 1.165) is 0 Å². The van der Waals surface area contributed by atoms with Crippen LogP contribution in [0.2, 0.25) is 5.02 Å². The molecule has 0 N–H and O–H groups in total. The number of nitrogens with zero attached hydrogens (tertiary/aromatic N) is 4. The number of nitro groups is 1. The van der Waals surface area contributed by atoms with Crippen molar-refractivity contribution in [3.63, 3.8) is 0 Å². The van der Waals surface area contributed by atoms with Gasteiger partial charge in [-0.15, -0.1) is 0 Å². The summed E-state index contributed by atoms with van der Waals surface area (Å²) in [5.41, 5.74) is 0.689. The van der Waals surface area contributed by atoms with Gasteiger partial charge in [-0.25, -0.2) is 4.68 Å². The number of rotatable bonds is 3. The molecule has 0 unspecified atom stereocenters. The maximum atomic E-state index is 10.6. The Bertz CT molecular complexity index is 733. The van der Waals surface area contributed by atoms with Crippen molar-refractivity contribution in [2.45, 2.75) is 6.92 Å². The fraction of sp³-hybridized carbons (Fsp3) is 0.167. The second kappa shape index (κ2) is 5.19. The lowest BCUT2D eigenvalue weighted by Crippen LogP contribution is -1.97. The van der Waals surface area contributed by atoms with Crippen molar-refractivity contribution in [3.05, 3.63) is 44.6 Å². The van der Waals surface area contributed by atoms with Gasteiger partial charge in [0, 0.05) is 19.2 Å². The molecular formula is C12H9ClN4O3. The molecule has 0 saturated heterocycles. The van der Waals surface area contributed by atoms with Crippen molar-refractivity contribution in [1.29, 1.82) is 5.26 Å². The van der Waals surface area contributed by atoms with E-state index in [-0.39, 0.29) is 22.3 Å². The molecule has 0 aliphatic carbocycles. The molecule has 102 valence electrons. The number of aryl methyl sites for hydroxylation is 2. The summed E-state index contributed by atoms with van der Waals surface area (Å²) in [6.45, 7) is 1.68. The number of aromatic nitrogens is 2. The van der Waals surface area contributed by atoms with E-state index in [2.05, 4.69) is 5.10 Å². The van der Waals surface area contributed by atoms with Crippen molar-refractivity contribution < 1.29 is 9.66 Å². The number of hydrogen-bond donors (Lipinski definition) is 0. The zero-order valence-corrected chi connectivity index (χ0v) is 11.4. The largest absolute Gasteiger partial charge is 0.436 e. The zero-order valence-electron chi connectivity index (χ0n) is 10.6. The van der Waals surface area contributed by atoms with Gasteiger partial charge >= 0.3 is 0 Å². The van der Waals surface area contributed by atoms with Crippen LogP contribution in [0.3, 0.4) is 0 Å². The number of nitro benzene ring substituents is 1. The summed E-state index contributed by atoms with van der Waals surface area (Å²) in [7, 11) is 1.63. The predicted octanol–water partition coefficient (Wildman–Crippen LogP) is 2.95. The fourth-order valence-electron chi connectivity index (χ4n) is 1.67. The Kier molecular flexibility index (Phi) is 3.59. The number of ether oxygens (including phenoxy) is 1. The highest BCUT2D eigenvalue weighted by atomic mass is 35.5. The van der Waals surface area contributed by atoms with E-state index in [4.69, 9.17) is 21.6 Å². The smallest absolute Gasteiger partial charge is 0.271 e. The Morgan fingerprint density at radius 1 is 1.55 bits per heavy atom. The van der Waals surface area contributed by atoms with Gasteiger partial charge in [-0.3, -0.25) is 10.1 Å². The molecule has 0 atom stereocenters. The van der Waals surface area contributed by atoms with Gasteiger partial charge in [-0.2, -0.15) is 10.4 Å². The van der Waals surface area contributed by atoms with Gasteiger partial charge in [-0.1, -0.05) is 11.6 Å². The molecule has 0 aliphatic rings. The third kappa shape index (κ3) is 2.41. The lowest BCUT2D eigenvalue weighted by atomic mass is 10.3. The van der Waals surface area contributed by atoms with Crippen molar-refractivity contribution in [3.8, 4) is 17.7 Å². The highest BCUT2D eigenvalue weighted by molar-refractivity contribution is 6.32. The molecule has 2 rings (SSSR count). The van der Waals surface area contributed by atoms with Crippen molar-refractivity contribution >= 4 is 17.3 Å². The van der Waals surface area contributed by atoms with E-state index < -0.39 is 4.92 Å². The first-order valence-electron chi connectivity index (χ1n) is 5.49. The van der Waals surface area contributed by atoms with Crippen LogP contribution >= 0.6 is 11.6 Å². The number of non-ortho nitro benzene ring substituents is 1. The van der Waals surface area contributed by atoms with Gasteiger partial charge < -0.3 is 4.74 Å². The van der Waals surface area contributed by atoms with Gasteiger partial charge in [0.1, 0.15) is 17.4 Å². The Morgan fingerprint density at radius 2 is 2.25 bits per heavy atom. The van der Waals surface area contributed by atoms with E-state index >= 15 is 0 Å². The molecule has 0 fully saturated rings. The number of nitriles is 1. The number of halogens is 1. The second-order valence-electron chi connectivity index (χ2n) is 3.97. The summed E-state index contributed by atoms with van der Waals surface area (Å²) in [6.07, 6.45) is 0. The Labute approximate surface area is 119 Å². The molecule has 20 heavy (non-hydrogen) atoms. The van der Waals surface area contributed by atoms with Crippen LogP contribution in [0.5, 0.6) is 11.6 Å². The molecule has 0 spiro atoms. The lowest BCUT2D eigenvalue weighted by molar-refractivity contribution is -0.384. The van der Waals surface area contributed by atoms with E-state index in [1.165, 1.54) is 22.9 Å². The summed E-state index contributed by atoms with van der Waals surface area (Å²) < 4.78 is 6.95. The minimum absolute atomic E-state index is 0.0851. The van der Waals surface area contributed by atoms with Crippen LogP contribution in [-0.2, 0) is 7.05 Å². The highest BCUT2D eigenvalue weighted by Crippen LogP contribution is 2.34. The lowest BCUT2D eigenvalue weighted by Gasteiger charge is -2.07. The number of hydrogen-bond acceptors (Lipinski definition) is 5. The summed E-state index contributed by atoms with van der Waals surface area (Å²) in [4.78, 5) is 10.1. The minimum atomic E-state index is -0.551. The summed E-state index contributed by atoms with van der Waals surface area (Å²) in [6, 6.07) is 5.83. The molecule has 7 nitrogen and oxygen atoms in total. The zero-order chi connectivity index (χ0) is 14.9. The van der Waals surface area contributed by atoms with Crippen LogP contribution in [0.25, 0.3) is 0 Å². The van der Waals surface area contributed by atoms with Gasteiger partial charge in [0.25, 0.3) is 5.69 Å². The molecule has 8 heteroatoms. The SMILES string of the molecule is Cc1nn(C)c(Oc2ccc([N+](=O)[O-])cc2Cl)c1C#N. The van der Waals surface area contributed by atoms with Crippen LogP contribution < -0.4 is 4.74 Å². The molecular weight excluding hydrogens is 284 g/mol. The third-order valence-corrected chi connectivity index (χ3v) is 2.91. The van der Waals surface area contributed by atoms with Crippen LogP contribution in [0, 0.1) is 28.4 Å². The summed E-state index contributed by atoms with van der Waals surface area (Å²) in [5.74, 6) is 0.456. The average Bonchev–Trinajstić information content (AvgIpc) is 2.65. The monoisotopic (exact) mass is 292 g/mol. The molecule has 0 radical (unpaired) electrons. The van der Waals surface area contributed by atoms with Crippen molar-refractivity contribution in [2.24, 2.45) is 7.05 Å². The molecule has 0 saturated carbocycles. The van der Waals surface area contributed by atoms with E-state index in [9.17, 15) is 10.1 Å². The number of benzene rings is 1. The quantitative estimate of drug-likeness (QED) is 0.640. The first-order chi connectivity index (χ1) is 9.43. The van der Waals surface area contributed by atoms with Crippen molar-refractivity contribution in [1.82, 2.24) is 9.78 Å². The van der Waals surface area contributed by atoms with E-state index in [0.29, 0.717) is 11.3 Å². The first-order valence-corrected chi connectivity index (χ1v) is 5.87. The van der Waals surface area contributed by atoms with Gasteiger partial charge in [0.05, 0.1) is 15.6 Å². The normalized spacial score (nSPS) is 10.1. The van der Waals surface area contributed by atoms with E-state index in [1.54, 1.807) is 14.0 Å². The topological polar surface area (TPSA) is 94.0 Å². The van der Waals surface area contributed by atoms with Crippen LogP contribution in [0.15, 0.2) is 18.2 Å². The summed E-state index contributed by atoms with van der Waals surface area (Å²) >= 11 is 5.94. The standard InChI is InChI=1S/C12H9ClN4O3/c1-7-9(6-14)12(16(2)15-7)20-11-4-3-8(17(18)19)5-10(11)13/h3-5H,1-2H3. The second-order valence-corrected chi connectivity index (χ2v) is 4.38.